The van der Waals surface area contributed by atoms with Gasteiger partial charge in [0.25, 0.3) is 0 Å². The molecule has 0 spiro atoms. The van der Waals surface area contributed by atoms with Gasteiger partial charge in [0.1, 0.15) is 0 Å². The predicted molar refractivity (Wildman–Crippen MR) is 151 cm³/mol. The van der Waals surface area contributed by atoms with Gasteiger partial charge < -0.3 is 5.32 Å². The number of carbonyl (C=O) groups is 2. The van der Waals surface area contributed by atoms with Gasteiger partial charge in [-0.15, -0.1) is 0 Å². The molecule has 3 aromatic rings. The van der Waals surface area contributed by atoms with Crippen LogP contribution in [0.25, 0.3) is 0 Å². The van der Waals surface area contributed by atoms with Gasteiger partial charge in [0.2, 0.25) is 5.91 Å². The van der Waals surface area contributed by atoms with E-state index in [1.165, 1.54) is 17.7 Å². The number of carbonyl (C=O) groups excluding carboxylic acids is 2. The molecular formula is C33H33F3N2O2. The number of alkyl halides is 3. The van der Waals surface area contributed by atoms with E-state index >= 15 is 0 Å². The fourth-order valence-electron chi connectivity index (χ4n) is 5.70. The largest absolute Gasteiger partial charge is 0.416 e. The van der Waals surface area contributed by atoms with E-state index in [0.717, 1.165) is 17.7 Å². The Bertz CT molecular complexity index is 1470. The van der Waals surface area contributed by atoms with E-state index in [0.29, 0.717) is 34.6 Å². The molecule has 0 unspecified atom stereocenters. The molecule has 3 aromatic carbocycles. The maximum Gasteiger partial charge on any atom is 0.416 e. The molecule has 0 radical (unpaired) electrons. The molecule has 1 N–H and O–H groups in total. The lowest BCUT2D eigenvalue weighted by molar-refractivity contribution is -0.137. The van der Waals surface area contributed by atoms with Gasteiger partial charge in [-0.2, -0.15) is 13.2 Å². The minimum atomic E-state index is -4.49. The van der Waals surface area contributed by atoms with Crippen molar-refractivity contribution in [1.82, 2.24) is 0 Å². The van der Waals surface area contributed by atoms with Gasteiger partial charge in [-0.05, 0) is 58.7 Å². The Morgan fingerprint density at radius 3 is 2.08 bits per heavy atom. The van der Waals surface area contributed by atoms with Crippen molar-refractivity contribution in [2.45, 2.75) is 70.5 Å². The van der Waals surface area contributed by atoms with Crippen molar-refractivity contribution in [2.24, 2.45) is 0 Å². The van der Waals surface area contributed by atoms with Crippen molar-refractivity contribution in [3.63, 3.8) is 0 Å². The summed E-state index contributed by atoms with van der Waals surface area (Å²) in [6.07, 6.45) is -3.53. The second-order valence-corrected chi connectivity index (χ2v) is 11.6. The fraction of sp³-hybridized carbons (Fsp3) is 0.333. The molecule has 1 amide bonds. The minimum Gasteiger partial charge on any atom is -0.357 e. The van der Waals surface area contributed by atoms with E-state index in [4.69, 9.17) is 0 Å². The van der Waals surface area contributed by atoms with Crippen LogP contribution in [0, 0.1) is 0 Å². The lowest BCUT2D eigenvalue weighted by Gasteiger charge is -2.35. The molecule has 0 bridgehead atoms. The molecule has 2 atom stereocenters. The van der Waals surface area contributed by atoms with Crippen LogP contribution in [0.2, 0.25) is 0 Å². The van der Waals surface area contributed by atoms with Crippen LogP contribution in [0.3, 0.4) is 0 Å². The number of nitrogens with one attached hydrogen (secondary N) is 1. The summed E-state index contributed by atoms with van der Waals surface area (Å²) in [6, 6.07) is 19.6. The number of anilines is 2. The molecule has 2 aliphatic rings. The highest BCUT2D eigenvalue weighted by Crippen LogP contribution is 2.48. The average Bonchev–Trinajstić information content (AvgIpc) is 3.06. The Morgan fingerprint density at radius 1 is 0.875 bits per heavy atom. The first kappa shape index (κ1) is 27.7. The lowest BCUT2D eigenvalue weighted by Crippen LogP contribution is -2.38. The Kier molecular flexibility index (Phi) is 7.11. The van der Waals surface area contributed by atoms with Crippen molar-refractivity contribution in [3.8, 4) is 0 Å². The third kappa shape index (κ3) is 5.17. The van der Waals surface area contributed by atoms with Gasteiger partial charge in [0.05, 0.1) is 23.0 Å². The van der Waals surface area contributed by atoms with Gasteiger partial charge >= 0.3 is 6.18 Å². The number of fused-ring (bicyclic) bond motifs is 1. The van der Waals surface area contributed by atoms with Crippen molar-refractivity contribution >= 4 is 23.1 Å². The van der Waals surface area contributed by atoms with Crippen LogP contribution in [-0.2, 0) is 21.2 Å². The molecule has 5 rings (SSSR count). The number of benzene rings is 3. The second kappa shape index (κ2) is 10.3. The Labute approximate surface area is 232 Å². The molecule has 1 heterocycles. The number of para-hydroxylation sites is 2. The summed E-state index contributed by atoms with van der Waals surface area (Å²) in [6.45, 7) is 8.20. The topological polar surface area (TPSA) is 49.4 Å². The minimum absolute atomic E-state index is 0.00727. The fourth-order valence-corrected chi connectivity index (χ4v) is 5.70. The van der Waals surface area contributed by atoms with E-state index in [1.54, 1.807) is 17.9 Å². The molecule has 40 heavy (non-hydrogen) atoms. The highest BCUT2D eigenvalue weighted by atomic mass is 19.4. The van der Waals surface area contributed by atoms with Gasteiger partial charge in [0, 0.05) is 24.1 Å². The first-order valence-corrected chi connectivity index (χ1v) is 13.6. The molecule has 0 saturated carbocycles. The third-order valence-electron chi connectivity index (χ3n) is 7.86. The SMILES string of the molecule is CCC(=O)N1c2ccccc2NC2=C(C(=O)C[C@@H](c3ccc(C(C)(C)C)cc3)C2)[C@@H]1c1ccc(C(F)(F)F)cc1. The van der Waals surface area contributed by atoms with Crippen LogP contribution >= 0.6 is 0 Å². The number of halogens is 3. The van der Waals surface area contributed by atoms with E-state index in [9.17, 15) is 22.8 Å². The molecule has 1 aliphatic heterocycles. The van der Waals surface area contributed by atoms with E-state index < -0.39 is 17.8 Å². The summed E-state index contributed by atoms with van der Waals surface area (Å²) in [4.78, 5) is 29.0. The molecule has 7 heteroatoms. The van der Waals surface area contributed by atoms with Gasteiger partial charge in [0.15, 0.2) is 5.78 Å². The zero-order chi connectivity index (χ0) is 28.8. The smallest absolute Gasteiger partial charge is 0.357 e. The van der Waals surface area contributed by atoms with Crippen molar-refractivity contribution in [2.75, 3.05) is 10.2 Å². The van der Waals surface area contributed by atoms with Crippen LogP contribution in [0.5, 0.6) is 0 Å². The van der Waals surface area contributed by atoms with Gasteiger partial charge in [-0.25, -0.2) is 0 Å². The summed E-state index contributed by atoms with van der Waals surface area (Å²) in [5.41, 5.74) is 4.35. The number of nitrogens with zero attached hydrogens (tertiary/aromatic N) is 1. The zero-order valence-corrected chi connectivity index (χ0v) is 23.1. The zero-order valence-electron chi connectivity index (χ0n) is 23.1. The molecular weight excluding hydrogens is 513 g/mol. The number of hydrogen-bond donors (Lipinski definition) is 1. The Morgan fingerprint density at radius 2 is 1.48 bits per heavy atom. The Balaban J connectivity index is 1.64. The summed E-state index contributed by atoms with van der Waals surface area (Å²) in [5, 5.41) is 3.46. The molecule has 0 fully saturated rings. The van der Waals surface area contributed by atoms with E-state index in [-0.39, 0.29) is 35.9 Å². The summed E-state index contributed by atoms with van der Waals surface area (Å²) < 4.78 is 40.1. The molecule has 1 aliphatic carbocycles. The number of amides is 1. The normalized spacial score (nSPS) is 19.5. The monoisotopic (exact) mass is 546 g/mol. The van der Waals surface area contributed by atoms with Crippen LogP contribution in [0.15, 0.2) is 84.1 Å². The predicted octanol–water partition coefficient (Wildman–Crippen LogP) is 8.31. The summed E-state index contributed by atoms with van der Waals surface area (Å²) in [5.74, 6) is -0.410. The lowest BCUT2D eigenvalue weighted by atomic mass is 9.77. The van der Waals surface area contributed by atoms with Crippen LogP contribution in [0.1, 0.15) is 81.2 Å². The van der Waals surface area contributed by atoms with Crippen LogP contribution in [0.4, 0.5) is 24.5 Å². The van der Waals surface area contributed by atoms with Crippen LogP contribution in [-0.4, -0.2) is 11.7 Å². The quantitative estimate of drug-likeness (QED) is 0.359. The highest BCUT2D eigenvalue weighted by Gasteiger charge is 2.41. The maximum atomic E-state index is 14.0. The first-order chi connectivity index (χ1) is 18.9. The summed E-state index contributed by atoms with van der Waals surface area (Å²) >= 11 is 0. The van der Waals surface area contributed by atoms with E-state index in [1.807, 2.05) is 18.2 Å². The molecule has 4 nitrogen and oxygen atoms in total. The van der Waals surface area contributed by atoms with Crippen molar-refractivity contribution < 1.29 is 22.8 Å². The highest BCUT2D eigenvalue weighted by molar-refractivity contribution is 6.06. The number of allylic oxidation sites excluding steroid dienone is 1. The first-order valence-electron chi connectivity index (χ1n) is 13.6. The standard InChI is InChI=1S/C33H33F3N2O2/c1-5-29(40)38-27-9-7-6-8-25(27)37-26-18-22(20-10-14-23(15-11-20)32(2,3)4)19-28(39)30(26)31(38)21-12-16-24(17-13-21)33(34,35)36/h6-17,22,31,37H,5,18-19H2,1-4H3/t22-,31-/m0/s1. The summed E-state index contributed by atoms with van der Waals surface area (Å²) in [7, 11) is 0. The molecule has 0 aromatic heterocycles. The van der Waals surface area contributed by atoms with Gasteiger partial charge in [-0.1, -0.05) is 76.2 Å². The van der Waals surface area contributed by atoms with Crippen LogP contribution < -0.4 is 10.2 Å². The van der Waals surface area contributed by atoms with Crippen molar-refractivity contribution in [3.05, 3.63) is 106 Å². The number of rotatable bonds is 3. The Hall–Kier alpha value is -3.87. The molecule has 208 valence electrons. The van der Waals surface area contributed by atoms with Crippen molar-refractivity contribution in [1.29, 1.82) is 0 Å². The van der Waals surface area contributed by atoms with E-state index in [2.05, 4.69) is 50.4 Å². The number of ketones is 1. The number of hydrogen-bond acceptors (Lipinski definition) is 3. The maximum absolute atomic E-state index is 14.0. The molecule has 0 saturated heterocycles. The average molecular weight is 547 g/mol. The third-order valence-corrected chi connectivity index (χ3v) is 7.86. The second-order valence-electron chi connectivity index (χ2n) is 11.6. The van der Waals surface area contributed by atoms with Gasteiger partial charge in [-0.3, -0.25) is 14.5 Å². The number of Topliss-reactive ketones (excluding diaryl/α,β-unsaturated/α-hetero) is 1.